The van der Waals surface area contributed by atoms with Crippen LogP contribution in [-0.4, -0.2) is 22.8 Å². The van der Waals surface area contributed by atoms with E-state index in [9.17, 15) is 4.79 Å². The Morgan fingerprint density at radius 3 is 2.77 bits per heavy atom. The molecule has 0 fully saturated rings. The first-order valence-corrected chi connectivity index (χ1v) is 9.29. The molecule has 1 amide bonds. The van der Waals surface area contributed by atoms with Crippen LogP contribution in [0.4, 0.5) is 0 Å². The van der Waals surface area contributed by atoms with E-state index < -0.39 is 0 Å². The molecule has 2 aromatic heterocycles. The number of benzene rings is 2. The predicted molar refractivity (Wildman–Crippen MR) is 105 cm³/mol. The van der Waals surface area contributed by atoms with Gasteiger partial charge in [-0.15, -0.1) is 11.3 Å². The van der Waals surface area contributed by atoms with Gasteiger partial charge in [0.15, 0.2) is 0 Å². The number of hydrogen-bond acceptors (Lipinski definition) is 4. The van der Waals surface area contributed by atoms with Crippen LogP contribution in [0.2, 0.25) is 5.02 Å². The molecule has 130 valence electrons. The summed E-state index contributed by atoms with van der Waals surface area (Å²) in [5.74, 6) is 1.43. The van der Waals surface area contributed by atoms with Crippen LogP contribution < -0.4 is 0 Å². The van der Waals surface area contributed by atoms with Crippen LogP contribution in [0.15, 0.2) is 64.5 Å². The van der Waals surface area contributed by atoms with Crippen molar-refractivity contribution in [2.45, 2.75) is 6.54 Å². The largest absolute Gasteiger partial charge is 0.459 e. The highest BCUT2D eigenvalue weighted by Crippen LogP contribution is 2.25. The number of amides is 1. The molecule has 0 aliphatic rings. The highest BCUT2D eigenvalue weighted by Gasteiger charge is 2.15. The molecule has 4 rings (SSSR count). The minimum atomic E-state index is -0.0512. The van der Waals surface area contributed by atoms with Crippen molar-refractivity contribution in [3.8, 4) is 11.3 Å². The fourth-order valence-corrected chi connectivity index (χ4v) is 3.59. The van der Waals surface area contributed by atoms with E-state index in [0.29, 0.717) is 17.1 Å². The lowest BCUT2D eigenvalue weighted by molar-refractivity contribution is 0.0776. The molecular formula is C20H15ClN2O2S. The second-order valence-electron chi connectivity index (χ2n) is 5.97. The molecule has 4 nitrogen and oxygen atoms in total. The number of fused-ring (bicyclic) bond motifs is 1. The maximum absolute atomic E-state index is 12.7. The highest BCUT2D eigenvalue weighted by atomic mass is 35.5. The molecule has 0 radical (unpaired) electrons. The second kappa shape index (κ2) is 6.94. The van der Waals surface area contributed by atoms with Gasteiger partial charge in [-0.05, 0) is 54.6 Å². The molecule has 0 aliphatic carbocycles. The predicted octanol–water partition coefficient (Wildman–Crippen LogP) is 5.48. The van der Waals surface area contributed by atoms with Gasteiger partial charge in [-0.1, -0.05) is 11.6 Å². The van der Waals surface area contributed by atoms with Crippen LogP contribution in [0.25, 0.3) is 21.5 Å². The number of carbonyl (C=O) groups excluding carboxylic acids is 1. The van der Waals surface area contributed by atoms with Gasteiger partial charge in [0.1, 0.15) is 11.5 Å². The minimum absolute atomic E-state index is 0.0512. The summed E-state index contributed by atoms with van der Waals surface area (Å²) in [7, 11) is 1.77. The summed E-state index contributed by atoms with van der Waals surface area (Å²) >= 11 is 7.44. The number of halogens is 1. The van der Waals surface area contributed by atoms with Crippen molar-refractivity contribution in [1.82, 2.24) is 9.88 Å². The first-order chi connectivity index (χ1) is 12.6. The van der Waals surface area contributed by atoms with Crippen LogP contribution in [0.5, 0.6) is 0 Å². The number of thiazole rings is 1. The van der Waals surface area contributed by atoms with E-state index >= 15 is 0 Å². The summed E-state index contributed by atoms with van der Waals surface area (Å²) < 4.78 is 6.89. The zero-order valence-corrected chi connectivity index (χ0v) is 15.6. The number of nitrogens with zero attached hydrogens (tertiary/aromatic N) is 2. The number of hydrogen-bond donors (Lipinski definition) is 0. The summed E-state index contributed by atoms with van der Waals surface area (Å²) in [6.45, 7) is 0.396. The zero-order chi connectivity index (χ0) is 18.1. The Morgan fingerprint density at radius 2 is 1.96 bits per heavy atom. The quantitative estimate of drug-likeness (QED) is 0.469. The topological polar surface area (TPSA) is 46.3 Å². The Kier molecular flexibility index (Phi) is 4.49. The maximum atomic E-state index is 12.7. The SMILES string of the molecule is CN(Cc1ccc(-c2ccc(Cl)cc2)o1)C(=O)c1ccc2ncsc2c1. The summed E-state index contributed by atoms with van der Waals surface area (Å²) in [6.07, 6.45) is 0. The smallest absolute Gasteiger partial charge is 0.254 e. The normalized spacial score (nSPS) is 11.0. The maximum Gasteiger partial charge on any atom is 0.254 e. The summed E-state index contributed by atoms with van der Waals surface area (Å²) in [5, 5.41) is 0.684. The molecule has 6 heteroatoms. The van der Waals surface area contributed by atoms with Gasteiger partial charge in [0.25, 0.3) is 5.91 Å². The lowest BCUT2D eigenvalue weighted by atomic mass is 10.2. The lowest BCUT2D eigenvalue weighted by Crippen LogP contribution is -2.25. The number of carbonyl (C=O) groups is 1. The monoisotopic (exact) mass is 382 g/mol. The molecule has 0 saturated carbocycles. The van der Waals surface area contributed by atoms with Gasteiger partial charge >= 0.3 is 0 Å². The molecule has 0 bridgehead atoms. The van der Waals surface area contributed by atoms with Crippen molar-refractivity contribution in [2.24, 2.45) is 0 Å². The molecule has 0 N–H and O–H groups in total. The molecule has 0 saturated heterocycles. The molecule has 4 aromatic rings. The van der Waals surface area contributed by atoms with Crippen molar-refractivity contribution in [2.75, 3.05) is 7.05 Å². The van der Waals surface area contributed by atoms with Crippen molar-refractivity contribution in [1.29, 1.82) is 0 Å². The second-order valence-corrected chi connectivity index (χ2v) is 7.29. The van der Waals surface area contributed by atoms with E-state index in [1.807, 2.05) is 54.6 Å². The number of aromatic nitrogens is 1. The molecule has 0 spiro atoms. The molecular weight excluding hydrogens is 368 g/mol. The molecule has 0 unspecified atom stereocenters. The van der Waals surface area contributed by atoms with Crippen molar-refractivity contribution in [3.05, 3.63) is 76.5 Å². The Morgan fingerprint density at radius 1 is 1.15 bits per heavy atom. The minimum Gasteiger partial charge on any atom is -0.459 e. The lowest BCUT2D eigenvalue weighted by Gasteiger charge is -2.15. The van der Waals surface area contributed by atoms with E-state index in [4.69, 9.17) is 16.0 Å². The summed E-state index contributed by atoms with van der Waals surface area (Å²) in [5.41, 5.74) is 4.29. The van der Waals surface area contributed by atoms with Gasteiger partial charge in [0.2, 0.25) is 0 Å². The van der Waals surface area contributed by atoms with E-state index in [-0.39, 0.29) is 5.91 Å². The Balaban J connectivity index is 1.49. The van der Waals surface area contributed by atoms with E-state index in [0.717, 1.165) is 27.3 Å². The first-order valence-electron chi connectivity index (χ1n) is 8.03. The van der Waals surface area contributed by atoms with Gasteiger partial charge in [-0.2, -0.15) is 0 Å². The molecule has 2 aromatic carbocycles. The van der Waals surface area contributed by atoms with Crippen molar-refractivity contribution < 1.29 is 9.21 Å². The van der Waals surface area contributed by atoms with Crippen LogP contribution >= 0.6 is 22.9 Å². The molecule has 0 aliphatic heterocycles. The van der Waals surface area contributed by atoms with Gasteiger partial charge in [-0.25, -0.2) is 4.98 Å². The third-order valence-corrected chi connectivity index (χ3v) is 5.15. The van der Waals surface area contributed by atoms with Gasteiger partial charge in [0, 0.05) is 23.2 Å². The number of furan rings is 1. The third-order valence-electron chi connectivity index (χ3n) is 4.11. The number of rotatable bonds is 4. The van der Waals surface area contributed by atoms with Crippen LogP contribution in [0.3, 0.4) is 0 Å². The summed E-state index contributed by atoms with van der Waals surface area (Å²) in [4.78, 5) is 18.6. The highest BCUT2D eigenvalue weighted by molar-refractivity contribution is 7.16. The Labute approximate surface area is 159 Å². The fourth-order valence-electron chi connectivity index (χ4n) is 2.75. The zero-order valence-electron chi connectivity index (χ0n) is 14.0. The fraction of sp³-hybridized carbons (Fsp3) is 0.100. The van der Waals surface area contributed by atoms with E-state index in [2.05, 4.69) is 4.98 Å². The van der Waals surface area contributed by atoms with Crippen molar-refractivity contribution >= 4 is 39.1 Å². The molecule has 26 heavy (non-hydrogen) atoms. The van der Waals surface area contributed by atoms with Crippen LogP contribution in [0, 0.1) is 0 Å². The van der Waals surface area contributed by atoms with Crippen molar-refractivity contribution in [3.63, 3.8) is 0 Å². The van der Waals surface area contributed by atoms with Gasteiger partial charge in [-0.3, -0.25) is 4.79 Å². The average molecular weight is 383 g/mol. The van der Waals surface area contributed by atoms with Gasteiger partial charge in [0.05, 0.1) is 22.3 Å². The standard InChI is InChI=1S/C20H15ClN2O2S/c1-23(20(24)14-4-8-17-19(10-14)26-12-22-17)11-16-7-9-18(25-16)13-2-5-15(21)6-3-13/h2-10,12H,11H2,1H3. The summed E-state index contributed by atoms with van der Waals surface area (Å²) in [6, 6.07) is 16.8. The Hall–Kier alpha value is -2.63. The average Bonchev–Trinajstić information content (AvgIpc) is 3.30. The Bertz CT molecular complexity index is 1070. The third kappa shape index (κ3) is 3.36. The van der Waals surface area contributed by atoms with E-state index in [1.54, 1.807) is 17.5 Å². The first kappa shape index (κ1) is 16.8. The van der Waals surface area contributed by atoms with Gasteiger partial charge < -0.3 is 9.32 Å². The molecule has 2 heterocycles. The van der Waals surface area contributed by atoms with Crippen LogP contribution in [-0.2, 0) is 6.54 Å². The molecule has 0 atom stereocenters. The van der Waals surface area contributed by atoms with Crippen LogP contribution in [0.1, 0.15) is 16.1 Å². The van der Waals surface area contributed by atoms with E-state index in [1.165, 1.54) is 11.3 Å².